The van der Waals surface area contributed by atoms with E-state index in [0.717, 1.165) is 48.4 Å². The van der Waals surface area contributed by atoms with Crippen LogP contribution in [0.4, 0.5) is 5.69 Å². The third-order valence-corrected chi connectivity index (χ3v) is 6.58. The van der Waals surface area contributed by atoms with E-state index < -0.39 is 0 Å². The molecule has 0 aliphatic carbocycles. The summed E-state index contributed by atoms with van der Waals surface area (Å²) >= 11 is 0. The van der Waals surface area contributed by atoms with Crippen LogP contribution in [0.15, 0.2) is 30.5 Å². The number of nitriles is 1. The monoisotopic (exact) mass is 488 g/mol. The topological polar surface area (TPSA) is 112 Å². The van der Waals surface area contributed by atoms with E-state index in [2.05, 4.69) is 38.5 Å². The fourth-order valence-corrected chi connectivity index (χ4v) is 4.59. The van der Waals surface area contributed by atoms with E-state index in [1.807, 2.05) is 26.0 Å². The van der Waals surface area contributed by atoms with Gasteiger partial charge in [0.2, 0.25) is 5.88 Å². The van der Waals surface area contributed by atoms with Crippen LogP contribution in [0.25, 0.3) is 10.9 Å². The average Bonchev–Trinajstić information content (AvgIpc) is 3.10. The summed E-state index contributed by atoms with van der Waals surface area (Å²) in [7, 11) is 3.10. The zero-order chi connectivity index (χ0) is 25.8. The maximum Gasteiger partial charge on any atom is 0.255 e. The third-order valence-electron chi connectivity index (χ3n) is 6.58. The van der Waals surface area contributed by atoms with Gasteiger partial charge in [-0.2, -0.15) is 5.26 Å². The van der Waals surface area contributed by atoms with Crippen molar-refractivity contribution < 1.29 is 14.3 Å². The number of carbonyl (C=O) groups excluding carboxylic acids is 1. The first kappa shape index (κ1) is 25.2. The number of ether oxygens (including phenoxy) is 2. The van der Waals surface area contributed by atoms with Crippen molar-refractivity contribution in [3.05, 3.63) is 52.8 Å². The van der Waals surface area contributed by atoms with E-state index in [-0.39, 0.29) is 11.9 Å². The molecule has 0 spiro atoms. The van der Waals surface area contributed by atoms with E-state index in [4.69, 9.17) is 9.47 Å². The quantitative estimate of drug-likeness (QED) is 0.542. The van der Waals surface area contributed by atoms with Gasteiger partial charge in [-0.25, -0.2) is 9.97 Å². The molecule has 2 aromatic heterocycles. The number of hydrogen-bond donors (Lipinski definition) is 2. The second kappa shape index (κ2) is 10.8. The number of methoxy groups -OCH3 is 2. The molecule has 1 aliphatic rings. The highest BCUT2D eigenvalue weighted by molar-refractivity contribution is 6.08. The largest absolute Gasteiger partial charge is 0.495 e. The van der Waals surface area contributed by atoms with E-state index in [0.29, 0.717) is 34.3 Å². The average molecular weight is 489 g/mol. The molecular weight excluding hydrogens is 456 g/mol. The maximum absolute atomic E-state index is 13.7. The SMILES string of the molecule is COc1cc([C@H](C)NC(=O)c2cnc3c(OC)nc(C)cc3c2N2CCN[C@@H](C)CC2)ccc1C#N. The van der Waals surface area contributed by atoms with Crippen LogP contribution in [0.1, 0.15) is 53.5 Å². The number of aromatic nitrogens is 2. The minimum atomic E-state index is -0.317. The van der Waals surface area contributed by atoms with Crippen molar-refractivity contribution in [1.29, 1.82) is 5.26 Å². The smallest absolute Gasteiger partial charge is 0.255 e. The predicted molar refractivity (Wildman–Crippen MR) is 139 cm³/mol. The van der Waals surface area contributed by atoms with Crippen molar-refractivity contribution in [2.24, 2.45) is 0 Å². The zero-order valence-electron chi connectivity index (χ0n) is 21.4. The van der Waals surface area contributed by atoms with Gasteiger partial charge in [0.25, 0.3) is 5.91 Å². The molecule has 0 bridgehead atoms. The van der Waals surface area contributed by atoms with Crippen molar-refractivity contribution in [2.75, 3.05) is 38.8 Å². The first-order valence-corrected chi connectivity index (χ1v) is 12.1. The summed E-state index contributed by atoms with van der Waals surface area (Å²) in [6.45, 7) is 8.36. The molecule has 188 valence electrons. The van der Waals surface area contributed by atoms with E-state index >= 15 is 0 Å². The van der Waals surface area contributed by atoms with Gasteiger partial charge in [-0.15, -0.1) is 0 Å². The molecule has 1 fully saturated rings. The van der Waals surface area contributed by atoms with Gasteiger partial charge >= 0.3 is 0 Å². The summed E-state index contributed by atoms with van der Waals surface area (Å²) in [5, 5.41) is 16.7. The lowest BCUT2D eigenvalue weighted by Crippen LogP contribution is -2.33. The first-order valence-electron chi connectivity index (χ1n) is 12.1. The van der Waals surface area contributed by atoms with Gasteiger partial charge in [0.1, 0.15) is 17.3 Å². The Bertz CT molecular complexity index is 1320. The van der Waals surface area contributed by atoms with Gasteiger partial charge in [0, 0.05) is 43.0 Å². The number of benzene rings is 1. The Morgan fingerprint density at radius 3 is 2.81 bits per heavy atom. The summed E-state index contributed by atoms with van der Waals surface area (Å²) in [6, 6.07) is 9.47. The molecule has 1 aliphatic heterocycles. The highest BCUT2D eigenvalue weighted by Gasteiger charge is 2.25. The van der Waals surface area contributed by atoms with Gasteiger partial charge in [0.15, 0.2) is 0 Å². The molecule has 9 nitrogen and oxygen atoms in total. The standard InChI is InChI=1S/C27H32N6O3/c1-16-8-10-33(11-9-29-16)25-21-12-17(2)31-27(36-5)24(21)30-15-22(25)26(34)32-18(3)19-6-7-20(14-28)23(13-19)35-4/h6-7,12-13,15-16,18,29H,8-11H2,1-5H3,(H,32,34)/t16-,18-/m0/s1. The maximum atomic E-state index is 13.7. The van der Waals surface area contributed by atoms with Crippen molar-refractivity contribution in [3.8, 4) is 17.7 Å². The van der Waals surface area contributed by atoms with E-state index in [1.54, 1.807) is 25.4 Å². The number of pyridine rings is 2. The molecule has 2 atom stereocenters. The van der Waals surface area contributed by atoms with Gasteiger partial charge in [-0.05, 0) is 51.0 Å². The number of fused-ring (bicyclic) bond motifs is 1. The number of nitrogens with zero attached hydrogens (tertiary/aromatic N) is 4. The van der Waals surface area contributed by atoms with Gasteiger partial charge in [-0.1, -0.05) is 6.07 Å². The molecule has 9 heteroatoms. The third kappa shape index (κ3) is 5.04. The molecule has 3 heterocycles. The van der Waals surface area contributed by atoms with Gasteiger partial charge in [-0.3, -0.25) is 4.79 Å². The van der Waals surface area contributed by atoms with Gasteiger partial charge < -0.3 is 25.0 Å². The van der Waals surface area contributed by atoms with Crippen molar-refractivity contribution in [3.63, 3.8) is 0 Å². The Balaban J connectivity index is 1.76. The minimum absolute atomic E-state index is 0.228. The zero-order valence-corrected chi connectivity index (χ0v) is 21.4. The molecule has 0 saturated carbocycles. The Labute approximate surface area is 211 Å². The summed E-state index contributed by atoms with van der Waals surface area (Å²) < 4.78 is 10.9. The summed E-state index contributed by atoms with van der Waals surface area (Å²) in [6.07, 6.45) is 2.56. The Morgan fingerprint density at radius 2 is 2.08 bits per heavy atom. The van der Waals surface area contributed by atoms with Crippen LogP contribution in [0.5, 0.6) is 11.6 Å². The number of rotatable bonds is 6. The Morgan fingerprint density at radius 1 is 1.28 bits per heavy atom. The Kier molecular flexibility index (Phi) is 7.55. The van der Waals surface area contributed by atoms with Crippen LogP contribution in [-0.4, -0.2) is 55.8 Å². The molecular formula is C27H32N6O3. The second-order valence-corrected chi connectivity index (χ2v) is 9.09. The molecule has 4 rings (SSSR count). The Hall–Kier alpha value is -3.90. The molecule has 1 aromatic carbocycles. The van der Waals surface area contributed by atoms with Crippen molar-refractivity contribution in [1.82, 2.24) is 20.6 Å². The second-order valence-electron chi connectivity index (χ2n) is 9.09. The number of carbonyl (C=O) groups is 1. The minimum Gasteiger partial charge on any atom is -0.495 e. The highest BCUT2D eigenvalue weighted by atomic mass is 16.5. The summed E-state index contributed by atoms with van der Waals surface area (Å²) in [5.41, 5.74) is 4.04. The van der Waals surface area contributed by atoms with Crippen LogP contribution in [0, 0.1) is 18.3 Å². The molecule has 3 aromatic rings. The van der Waals surface area contributed by atoms with Crippen LogP contribution < -0.4 is 25.0 Å². The van der Waals surface area contributed by atoms with E-state index in [9.17, 15) is 10.1 Å². The fraction of sp³-hybridized carbons (Fsp3) is 0.407. The molecule has 0 radical (unpaired) electrons. The van der Waals surface area contributed by atoms with Crippen LogP contribution in [0.3, 0.4) is 0 Å². The molecule has 2 N–H and O–H groups in total. The number of aryl methyl sites for hydroxylation is 1. The van der Waals surface area contributed by atoms with Crippen LogP contribution >= 0.6 is 0 Å². The van der Waals surface area contributed by atoms with E-state index in [1.165, 1.54) is 7.11 Å². The molecule has 0 unspecified atom stereocenters. The fourth-order valence-electron chi connectivity index (χ4n) is 4.59. The number of anilines is 1. The van der Waals surface area contributed by atoms with Crippen LogP contribution in [-0.2, 0) is 0 Å². The normalized spacial score (nSPS) is 16.7. The number of hydrogen-bond acceptors (Lipinski definition) is 8. The number of amides is 1. The first-order chi connectivity index (χ1) is 17.4. The highest BCUT2D eigenvalue weighted by Crippen LogP contribution is 2.35. The summed E-state index contributed by atoms with van der Waals surface area (Å²) in [4.78, 5) is 25.0. The van der Waals surface area contributed by atoms with Crippen molar-refractivity contribution >= 4 is 22.5 Å². The summed E-state index contributed by atoms with van der Waals surface area (Å²) in [5.74, 6) is 0.692. The lowest BCUT2D eigenvalue weighted by atomic mass is 10.0. The molecule has 1 amide bonds. The van der Waals surface area contributed by atoms with Gasteiger partial charge in [0.05, 0.1) is 37.1 Å². The predicted octanol–water partition coefficient (Wildman–Crippen LogP) is 3.51. The lowest BCUT2D eigenvalue weighted by molar-refractivity contribution is 0.0940. The molecule has 36 heavy (non-hydrogen) atoms. The molecule has 1 saturated heterocycles. The van der Waals surface area contributed by atoms with Crippen LogP contribution in [0.2, 0.25) is 0 Å². The lowest BCUT2D eigenvalue weighted by Gasteiger charge is -2.27. The van der Waals surface area contributed by atoms with Crippen molar-refractivity contribution in [2.45, 2.75) is 39.3 Å². The number of nitrogens with one attached hydrogen (secondary N) is 2.